The number of fused-ring (bicyclic) bond motifs is 1. The average Bonchev–Trinajstić information content (AvgIpc) is 2.54. The lowest BCUT2D eigenvalue weighted by atomic mass is 10.1. The van der Waals surface area contributed by atoms with Crippen molar-refractivity contribution in [2.75, 3.05) is 12.8 Å². The van der Waals surface area contributed by atoms with Crippen LogP contribution in [-0.2, 0) is 0 Å². The van der Waals surface area contributed by atoms with E-state index in [1.54, 1.807) is 37.4 Å². The summed E-state index contributed by atoms with van der Waals surface area (Å²) in [7, 11) is 1.59. The van der Waals surface area contributed by atoms with Crippen LogP contribution in [0.4, 0.5) is 5.69 Å². The van der Waals surface area contributed by atoms with Crippen molar-refractivity contribution in [3.8, 4) is 5.75 Å². The van der Waals surface area contributed by atoms with Gasteiger partial charge in [0, 0.05) is 16.6 Å². The Hall–Kier alpha value is -2.88. The van der Waals surface area contributed by atoms with Crippen molar-refractivity contribution >= 4 is 22.4 Å². The van der Waals surface area contributed by atoms with E-state index in [9.17, 15) is 4.79 Å². The van der Waals surface area contributed by atoms with Gasteiger partial charge in [0.25, 0.3) is 0 Å². The molecule has 0 unspecified atom stereocenters. The number of aromatic nitrogens is 1. The van der Waals surface area contributed by atoms with Gasteiger partial charge in [-0.1, -0.05) is 18.2 Å². The van der Waals surface area contributed by atoms with E-state index in [0.717, 1.165) is 10.9 Å². The monoisotopic (exact) mass is 278 g/mol. The second kappa shape index (κ2) is 5.25. The number of benzene rings is 2. The molecule has 21 heavy (non-hydrogen) atoms. The van der Waals surface area contributed by atoms with E-state index >= 15 is 0 Å². The maximum absolute atomic E-state index is 12.5. The van der Waals surface area contributed by atoms with Crippen LogP contribution in [0.3, 0.4) is 0 Å². The molecule has 0 aliphatic rings. The van der Waals surface area contributed by atoms with Gasteiger partial charge < -0.3 is 10.5 Å². The molecule has 1 aromatic heterocycles. The quantitative estimate of drug-likeness (QED) is 0.748. The lowest BCUT2D eigenvalue weighted by Gasteiger charge is -2.06. The Morgan fingerprint density at radius 2 is 1.81 bits per heavy atom. The van der Waals surface area contributed by atoms with E-state index in [1.165, 1.54) is 0 Å². The summed E-state index contributed by atoms with van der Waals surface area (Å²) in [6.07, 6.45) is 0. The lowest BCUT2D eigenvalue weighted by molar-refractivity contribution is 0.103. The number of nitrogen functional groups attached to an aromatic ring is 1. The Balaban J connectivity index is 2.04. The number of nitrogens with zero attached hydrogens (tertiary/aromatic N) is 1. The molecular formula is C17H14N2O2. The van der Waals surface area contributed by atoms with Crippen molar-refractivity contribution in [1.29, 1.82) is 0 Å². The Bertz CT molecular complexity index is 811. The number of hydrogen-bond donors (Lipinski definition) is 1. The predicted molar refractivity (Wildman–Crippen MR) is 82.6 cm³/mol. The summed E-state index contributed by atoms with van der Waals surface area (Å²) in [5.41, 5.74) is 8.17. The molecule has 0 amide bonds. The number of carbonyl (C=O) groups is 1. The lowest BCUT2D eigenvalue weighted by Crippen LogP contribution is -2.05. The van der Waals surface area contributed by atoms with Crippen molar-refractivity contribution in [1.82, 2.24) is 4.98 Å². The van der Waals surface area contributed by atoms with E-state index < -0.39 is 0 Å². The van der Waals surface area contributed by atoms with E-state index in [-0.39, 0.29) is 5.78 Å². The van der Waals surface area contributed by atoms with Crippen molar-refractivity contribution in [2.45, 2.75) is 0 Å². The van der Waals surface area contributed by atoms with Crippen LogP contribution >= 0.6 is 0 Å². The van der Waals surface area contributed by atoms with Crippen LogP contribution in [0.5, 0.6) is 5.75 Å². The van der Waals surface area contributed by atoms with E-state index in [0.29, 0.717) is 22.7 Å². The van der Waals surface area contributed by atoms with Crippen LogP contribution in [0.15, 0.2) is 54.6 Å². The topological polar surface area (TPSA) is 65.2 Å². The number of anilines is 1. The number of ether oxygens (including phenoxy) is 1. The van der Waals surface area contributed by atoms with Crippen LogP contribution in [-0.4, -0.2) is 17.9 Å². The van der Waals surface area contributed by atoms with Gasteiger partial charge in [-0.05, 0) is 36.4 Å². The average molecular weight is 278 g/mol. The molecule has 0 saturated heterocycles. The number of ketones is 1. The van der Waals surface area contributed by atoms with Crippen LogP contribution in [0, 0.1) is 0 Å². The maximum atomic E-state index is 12.5. The minimum atomic E-state index is -0.157. The summed E-state index contributed by atoms with van der Waals surface area (Å²) < 4.78 is 5.08. The first-order valence-electron chi connectivity index (χ1n) is 6.53. The third kappa shape index (κ3) is 2.43. The number of rotatable bonds is 3. The third-order valence-electron chi connectivity index (χ3n) is 3.33. The number of para-hydroxylation sites is 1. The largest absolute Gasteiger partial charge is 0.497 e. The number of hydrogen-bond acceptors (Lipinski definition) is 4. The van der Waals surface area contributed by atoms with Crippen LogP contribution in [0.2, 0.25) is 0 Å². The molecule has 4 heteroatoms. The first-order chi connectivity index (χ1) is 10.2. The van der Waals surface area contributed by atoms with Crippen molar-refractivity contribution in [3.05, 3.63) is 65.9 Å². The zero-order valence-corrected chi connectivity index (χ0v) is 11.5. The van der Waals surface area contributed by atoms with E-state index in [1.807, 2.05) is 24.3 Å². The maximum Gasteiger partial charge on any atom is 0.211 e. The number of nitrogens with two attached hydrogens (primary N) is 1. The molecule has 2 N–H and O–H groups in total. The minimum absolute atomic E-state index is 0.157. The van der Waals surface area contributed by atoms with Gasteiger partial charge in [0.15, 0.2) is 0 Å². The van der Waals surface area contributed by atoms with Crippen LogP contribution in [0.1, 0.15) is 16.1 Å². The highest BCUT2D eigenvalue weighted by atomic mass is 16.5. The van der Waals surface area contributed by atoms with Crippen molar-refractivity contribution in [3.63, 3.8) is 0 Å². The standard InChI is InChI=1S/C17H14N2O2/c1-21-12-8-6-11(7-9-12)17(20)16-10-14(18)13-4-2-3-5-15(13)19-16/h2-10H,1H3,(H2,18,19). The fourth-order valence-corrected chi connectivity index (χ4v) is 2.21. The molecule has 0 spiro atoms. The molecule has 2 aromatic carbocycles. The molecule has 0 atom stereocenters. The molecule has 0 radical (unpaired) electrons. The van der Waals surface area contributed by atoms with Gasteiger partial charge in [0.05, 0.1) is 12.6 Å². The second-order valence-electron chi connectivity index (χ2n) is 4.67. The zero-order valence-electron chi connectivity index (χ0n) is 11.5. The second-order valence-corrected chi connectivity index (χ2v) is 4.67. The number of methoxy groups -OCH3 is 1. The fraction of sp³-hybridized carbons (Fsp3) is 0.0588. The van der Waals surface area contributed by atoms with Crippen LogP contribution in [0.25, 0.3) is 10.9 Å². The number of carbonyl (C=O) groups excluding carboxylic acids is 1. The number of pyridine rings is 1. The Morgan fingerprint density at radius 1 is 1.10 bits per heavy atom. The summed E-state index contributed by atoms with van der Waals surface area (Å²) in [6, 6.07) is 16.0. The normalized spacial score (nSPS) is 10.5. The zero-order chi connectivity index (χ0) is 14.8. The van der Waals surface area contributed by atoms with Crippen LogP contribution < -0.4 is 10.5 Å². The van der Waals surface area contributed by atoms with Gasteiger partial charge >= 0.3 is 0 Å². The van der Waals surface area contributed by atoms with Gasteiger partial charge in [-0.3, -0.25) is 4.79 Å². The van der Waals surface area contributed by atoms with Gasteiger partial charge in [-0.25, -0.2) is 4.98 Å². The predicted octanol–water partition coefficient (Wildman–Crippen LogP) is 3.06. The Labute approximate surface area is 122 Å². The molecule has 0 saturated carbocycles. The summed E-state index contributed by atoms with van der Waals surface area (Å²) in [5, 5.41) is 0.851. The van der Waals surface area contributed by atoms with Crippen molar-refractivity contribution < 1.29 is 9.53 Å². The first-order valence-corrected chi connectivity index (χ1v) is 6.53. The van der Waals surface area contributed by atoms with Gasteiger partial charge in [-0.15, -0.1) is 0 Å². The summed E-state index contributed by atoms with van der Waals surface area (Å²) in [6.45, 7) is 0. The minimum Gasteiger partial charge on any atom is -0.497 e. The van der Waals surface area contributed by atoms with E-state index in [2.05, 4.69) is 4.98 Å². The molecule has 0 aliphatic heterocycles. The molecular weight excluding hydrogens is 264 g/mol. The third-order valence-corrected chi connectivity index (χ3v) is 3.33. The SMILES string of the molecule is COc1ccc(C(=O)c2cc(N)c3ccccc3n2)cc1. The molecule has 0 fully saturated rings. The molecule has 1 heterocycles. The molecule has 3 aromatic rings. The van der Waals surface area contributed by atoms with Gasteiger partial charge in [0.1, 0.15) is 11.4 Å². The van der Waals surface area contributed by atoms with Crippen molar-refractivity contribution in [2.24, 2.45) is 0 Å². The Kier molecular flexibility index (Phi) is 3.28. The molecule has 4 nitrogen and oxygen atoms in total. The highest BCUT2D eigenvalue weighted by molar-refractivity contribution is 6.10. The fourth-order valence-electron chi connectivity index (χ4n) is 2.21. The first kappa shape index (κ1) is 13.1. The van der Waals surface area contributed by atoms with Gasteiger partial charge in [-0.2, -0.15) is 0 Å². The highest BCUT2D eigenvalue weighted by Gasteiger charge is 2.13. The smallest absolute Gasteiger partial charge is 0.211 e. The molecule has 3 rings (SSSR count). The molecule has 104 valence electrons. The highest BCUT2D eigenvalue weighted by Crippen LogP contribution is 2.22. The molecule has 0 bridgehead atoms. The van der Waals surface area contributed by atoms with E-state index in [4.69, 9.17) is 10.5 Å². The van der Waals surface area contributed by atoms with Gasteiger partial charge in [0.2, 0.25) is 5.78 Å². The summed E-state index contributed by atoms with van der Waals surface area (Å²) in [4.78, 5) is 16.9. The summed E-state index contributed by atoms with van der Waals surface area (Å²) >= 11 is 0. The summed E-state index contributed by atoms with van der Waals surface area (Å²) in [5.74, 6) is 0.549. The molecule has 0 aliphatic carbocycles. The Morgan fingerprint density at radius 3 is 2.52 bits per heavy atom.